The Morgan fingerprint density at radius 2 is 1.85 bits per heavy atom. The van der Waals surface area contributed by atoms with E-state index in [9.17, 15) is 4.79 Å². The lowest BCUT2D eigenvalue weighted by Gasteiger charge is -2.38. The summed E-state index contributed by atoms with van der Waals surface area (Å²) >= 11 is 0. The van der Waals surface area contributed by atoms with E-state index in [2.05, 4.69) is 70.0 Å². The first-order chi connectivity index (χ1) is 16.0. The molecule has 6 heteroatoms. The van der Waals surface area contributed by atoms with Crippen LogP contribution >= 0.6 is 0 Å². The van der Waals surface area contributed by atoms with E-state index in [0.29, 0.717) is 24.2 Å². The van der Waals surface area contributed by atoms with Crippen LogP contribution in [0.5, 0.6) is 0 Å². The Labute approximate surface area is 198 Å². The predicted octanol–water partition coefficient (Wildman–Crippen LogP) is 3.93. The highest BCUT2D eigenvalue weighted by Gasteiger charge is 2.26. The minimum Gasteiger partial charge on any atom is -0.354 e. The third-order valence-corrected chi connectivity index (χ3v) is 6.47. The fraction of sp³-hybridized carbons (Fsp3) is 0.481. The van der Waals surface area contributed by atoms with Gasteiger partial charge in [-0.25, -0.2) is 0 Å². The number of rotatable bonds is 8. The van der Waals surface area contributed by atoms with Gasteiger partial charge in [-0.3, -0.25) is 14.7 Å². The molecule has 2 aromatic rings. The second-order valence-electron chi connectivity index (χ2n) is 9.08. The lowest BCUT2D eigenvalue weighted by atomic mass is 9.97. The van der Waals surface area contributed by atoms with E-state index in [0.717, 1.165) is 43.9 Å². The molecular formula is C27H39N5O. The van der Waals surface area contributed by atoms with Crippen LogP contribution in [0.4, 0.5) is 0 Å². The van der Waals surface area contributed by atoms with Crippen LogP contribution in [0, 0.1) is 0 Å². The highest BCUT2D eigenvalue weighted by atomic mass is 16.1. The molecule has 1 aliphatic heterocycles. The van der Waals surface area contributed by atoms with Crippen LogP contribution in [0.15, 0.2) is 59.6 Å². The normalized spacial score (nSPS) is 20.2. The topological polar surface area (TPSA) is 68.8 Å². The van der Waals surface area contributed by atoms with E-state index < -0.39 is 0 Å². The molecule has 2 aromatic carbocycles. The van der Waals surface area contributed by atoms with E-state index in [1.165, 1.54) is 5.56 Å². The van der Waals surface area contributed by atoms with Gasteiger partial charge in [-0.2, -0.15) is 0 Å². The molecule has 1 saturated heterocycles. The van der Waals surface area contributed by atoms with Crippen molar-refractivity contribution in [3.8, 4) is 0 Å². The first kappa shape index (κ1) is 24.8. The summed E-state index contributed by atoms with van der Waals surface area (Å²) in [6, 6.07) is 19.6. The standard InChI is InChI=1S/C27H39N5O/c1-5-20(2)30-26(33)24-13-11-22(12-14-24)18-29-27(28-4)31-25-15-16-32(21(3)17-25)19-23-9-7-6-8-10-23/h6-14,20-21,25H,5,15-19H2,1-4H3,(H,30,33)(H2,28,29,31). The van der Waals surface area contributed by atoms with Crippen molar-refractivity contribution < 1.29 is 4.79 Å². The molecule has 178 valence electrons. The molecule has 0 bridgehead atoms. The minimum absolute atomic E-state index is 0.0194. The second-order valence-corrected chi connectivity index (χ2v) is 9.08. The molecule has 3 atom stereocenters. The van der Waals surface area contributed by atoms with Gasteiger partial charge < -0.3 is 16.0 Å². The third-order valence-electron chi connectivity index (χ3n) is 6.47. The molecule has 3 N–H and O–H groups in total. The van der Waals surface area contributed by atoms with Gasteiger partial charge in [0.2, 0.25) is 0 Å². The first-order valence-corrected chi connectivity index (χ1v) is 12.1. The Bertz CT molecular complexity index is 896. The minimum atomic E-state index is -0.0194. The highest BCUT2D eigenvalue weighted by molar-refractivity contribution is 5.94. The molecule has 0 radical (unpaired) electrons. The van der Waals surface area contributed by atoms with Crippen LogP contribution in [0.25, 0.3) is 0 Å². The summed E-state index contributed by atoms with van der Waals surface area (Å²) < 4.78 is 0. The summed E-state index contributed by atoms with van der Waals surface area (Å²) in [7, 11) is 1.81. The van der Waals surface area contributed by atoms with Gasteiger partial charge in [0, 0.05) is 50.4 Å². The number of amides is 1. The van der Waals surface area contributed by atoms with E-state index >= 15 is 0 Å². The fourth-order valence-corrected chi connectivity index (χ4v) is 4.16. The van der Waals surface area contributed by atoms with Crippen molar-refractivity contribution >= 4 is 11.9 Å². The number of carbonyl (C=O) groups excluding carboxylic acids is 1. The van der Waals surface area contributed by atoms with Crippen LogP contribution in [-0.2, 0) is 13.1 Å². The van der Waals surface area contributed by atoms with Gasteiger partial charge in [-0.05, 0) is 56.4 Å². The quantitative estimate of drug-likeness (QED) is 0.422. The molecule has 0 aromatic heterocycles. The molecule has 33 heavy (non-hydrogen) atoms. The van der Waals surface area contributed by atoms with Gasteiger partial charge >= 0.3 is 0 Å². The van der Waals surface area contributed by atoms with Gasteiger partial charge in [0.05, 0.1) is 0 Å². The summed E-state index contributed by atoms with van der Waals surface area (Å²) in [4.78, 5) is 19.2. The SMILES string of the molecule is CCC(C)NC(=O)c1ccc(CNC(=NC)NC2CCN(Cc3ccccc3)C(C)C2)cc1. The van der Waals surface area contributed by atoms with Crippen LogP contribution in [0.1, 0.15) is 61.5 Å². The maximum absolute atomic E-state index is 12.3. The van der Waals surface area contributed by atoms with Crippen LogP contribution in [-0.4, -0.2) is 48.5 Å². The number of hydrogen-bond acceptors (Lipinski definition) is 3. The maximum atomic E-state index is 12.3. The highest BCUT2D eigenvalue weighted by Crippen LogP contribution is 2.20. The van der Waals surface area contributed by atoms with E-state index in [1.807, 2.05) is 38.2 Å². The Hall–Kier alpha value is -2.86. The Kier molecular flexibility index (Phi) is 9.31. The number of likely N-dealkylation sites (tertiary alicyclic amines) is 1. The zero-order valence-corrected chi connectivity index (χ0v) is 20.5. The molecule has 3 rings (SSSR count). The van der Waals surface area contributed by atoms with Crippen molar-refractivity contribution in [3.63, 3.8) is 0 Å². The van der Waals surface area contributed by atoms with Crippen molar-refractivity contribution in [1.29, 1.82) is 0 Å². The number of guanidine groups is 1. The summed E-state index contributed by atoms with van der Waals surface area (Å²) in [5.41, 5.74) is 3.18. The van der Waals surface area contributed by atoms with Crippen molar-refractivity contribution in [2.45, 2.75) is 71.2 Å². The number of nitrogens with zero attached hydrogens (tertiary/aromatic N) is 2. The van der Waals surface area contributed by atoms with Gasteiger partial charge in [0.25, 0.3) is 5.91 Å². The van der Waals surface area contributed by atoms with E-state index in [1.54, 1.807) is 0 Å². The number of piperidine rings is 1. The zero-order chi connectivity index (χ0) is 23.6. The van der Waals surface area contributed by atoms with Gasteiger partial charge in [0.15, 0.2) is 5.96 Å². The van der Waals surface area contributed by atoms with Gasteiger partial charge in [-0.1, -0.05) is 49.4 Å². The molecule has 1 fully saturated rings. The molecule has 1 amide bonds. The van der Waals surface area contributed by atoms with Gasteiger partial charge in [0.1, 0.15) is 0 Å². The maximum Gasteiger partial charge on any atom is 0.251 e. The summed E-state index contributed by atoms with van der Waals surface area (Å²) in [6.45, 7) is 9.14. The number of benzene rings is 2. The van der Waals surface area contributed by atoms with E-state index in [4.69, 9.17) is 0 Å². The van der Waals surface area contributed by atoms with Crippen molar-refractivity contribution in [2.24, 2.45) is 4.99 Å². The molecule has 6 nitrogen and oxygen atoms in total. The van der Waals surface area contributed by atoms with Crippen LogP contribution < -0.4 is 16.0 Å². The molecule has 3 unspecified atom stereocenters. The van der Waals surface area contributed by atoms with Crippen molar-refractivity contribution in [2.75, 3.05) is 13.6 Å². The average molecular weight is 450 g/mol. The Morgan fingerprint density at radius 1 is 1.12 bits per heavy atom. The first-order valence-electron chi connectivity index (χ1n) is 12.1. The van der Waals surface area contributed by atoms with Crippen LogP contribution in [0.2, 0.25) is 0 Å². The second kappa shape index (κ2) is 12.4. The lowest BCUT2D eigenvalue weighted by molar-refractivity contribution is 0.0939. The molecular weight excluding hydrogens is 410 g/mol. The lowest BCUT2D eigenvalue weighted by Crippen LogP contribution is -2.51. The van der Waals surface area contributed by atoms with Gasteiger partial charge in [-0.15, -0.1) is 0 Å². The number of nitrogens with one attached hydrogen (secondary N) is 3. The predicted molar refractivity (Wildman–Crippen MR) is 136 cm³/mol. The largest absolute Gasteiger partial charge is 0.354 e. The fourth-order valence-electron chi connectivity index (χ4n) is 4.16. The molecule has 1 heterocycles. The summed E-state index contributed by atoms with van der Waals surface area (Å²) in [6.07, 6.45) is 3.11. The van der Waals surface area contributed by atoms with E-state index in [-0.39, 0.29) is 11.9 Å². The number of carbonyl (C=O) groups is 1. The number of aliphatic imine (C=N–C) groups is 1. The monoisotopic (exact) mass is 449 g/mol. The molecule has 0 aliphatic carbocycles. The van der Waals surface area contributed by atoms with Crippen molar-refractivity contribution in [3.05, 3.63) is 71.3 Å². The zero-order valence-electron chi connectivity index (χ0n) is 20.5. The third kappa shape index (κ3) is 7.60. The molecule has 1 aliphatic rings. The molecule has 0 saturated carbocycles. The summed E-state index contributed by atoms with van der Waals surface area (Å²) in [5, 5.41) is 10.0. The Morgan fingerprint density at radius 3 is 2.48 bits per heavy atom. The smallest absolute Gasteiger partial charge is 0.251 e. The summed E-state index contributed by atoms with van der Waals surface area (Å²) in [5.74, 6) is 0.802. The van der Waals surface area contributed by atoms with Crippen LogP contribution in [0.3, 0.4) is 0 Å². The molecule has 0 spiro atoms. The number of hydrogen-bond donors (Lipinski definition) is 3. The average Bonchev–Trinajstić information content (AvgIpc) is 2.84. The Balaban J connectivity index is 1.45. The van der Waals surface area contributed by atoms with Crippen molar-refractivity contribution in [1.82, 2.24) is 20.9 Å².